The number of hydrogen-bond acceptors (Lipinski definition) is 1. The Balaban J connectivity index is 2.48. The van der Waals surface area contributed by atoms with Gasteiger partial charge in [-0.15, -0.1) is 0 Å². The van der Waals surface area contributed by atoms with Crippen LogP contribution in [0.25, 0.3) is 0 Å². The maximum Gasteiger partial charge on any atom is 0.130 e. The molecule has 0 heterocycles. The summed E-state index contributed by atoms with van der Waals surface area (Å²) in [5.41, 5.74) is 0.535. The lowest BCUT2D eigenvalue weighted by Crippen LogP contribution is -2.03. The van der Waals surface area contributed by atoms with Gasteiger partial charge in [0.25, 0.3) is 0 Å². The predicted octanol–water partition coefficient (Wildman–Crippen LogP) is 4.98. The van der Waals surface area contributed by atoms with E-state index in [1.807, 2.05) is 0 Å². The molecule has 2 rings (SSSR count). The number of rotatable bonds is 2. The molecule has 94 valence electrons. The normalized spacial score (nSPS) is 12.5. The molecule has 0 aromatic heterocycles. The molecule has 0 aliphatic heterocycles. The smallest absolute Gasteiger partial charge is 0.130 e. The van der Waals surface area contributed by atoms with Gasteiger partial charge in [-0.05, 0) is 18.2 Å². The van der Waals surface area contributed by atoms with E-state index in [1.54, 1.807) is 24.3 Å². The largest absolute Gasteiger partial charge is 0.383 e. The lowest BCUT2D eigenvalue weighted by atomic mass is 10.0. The minimum absolute atomic E-state index is 0.155. The van der Waals surface area contributed by atoms with Crippen LogP contribution in [0.2, 0.25) is 10.0 Å². The zero-order valence-corrected chi connectivity index (χ0v) is 12.1. The molecule has 0 spiro atoms. The molecule has 0 bridgehead atoms. The SMILES string of the molecule is OC(c1ccc(Br)cc1F)c1cccc(Cl)c1Cl. The molecule has 18 heavy (non-hydrogen) atoms. The Morgan fingerprint density at radius 3 is 2.50 bits per heavy atom. The lowest BCUT2D eigenvalue weighted by molar-refractivity contribution is 0.215. The van der Waals surface area contributed by atoms with Crippen molar-refractivity contribution < 1.29 is 9.50 Å². The molecule has 0 radical (unpaired) electrons. The molecule has 1 nitrogen and oxygen atoms in total. The second-order valence-electron chi connectivity index (χ2n) is 3.71. The Hall–Kier alpha value is -0.610. The average Bonchev–Trinajstić information content (AvgIpc) is 2.32. The summed E-state index contributed by atoms with van der Waals surface area (Å²) in [6, 6.07) is 9.32. The first kappa shape index (κ1) is 13.8. The summed E-state index contributed by atoms with van der Waals surface area (Å²) in [6.07, 6.45) is -1.15. The highest BCUT2D eigenvalue weighted by Crippen LogP contribution is 2.34. The summed E-state index contributed by atoms with van der Waals surface area (Å²) >= 11 is 15.0. The summed E-state index contributed by atoms with van der Waals surface area (Å²) in [5.74, 6) is -0.507. The van der Waals surface area contributed by atoms with Gasteiger partial charge in [-0.3, -0.25) is 0 Å². The molecule has 0 aliphatic rings. The van der Waals surface area contributed by atoms with Crippen molar-refractivity contribution in [2.45, 2.75) is 6.10 Å². The highest BCUT2D eigenvalue weighted by Gasteiger charge is 2.18. The minimum atomic E-state index is -1.15. The summed E-state index contributed by atoms with van der Waals surface area (Å²) in [4.78, 5) is 0. The first-order valence-corrected chi connectivity index (χ1v) is 6.62. The van der Waals surface area contributed by atoms with Crippen molar-refractivity contribution in [2.24, 2.45) is 0 Å². The van der Waals surface area contributed by atoms with E-state index in [0.29, 0.717) is 15.1 Å². The van der Waals surface area contributed by atoms with Crippen LogP contribution in [0.4, 0.5) is 4.39 Å². The van der Waals surface area contributed by atoms with Crippen molar-refractivity contribution in [2.75, 3.05) is 0 Å². The Kier molecular flexibility index (Phi) is 4.28. The lowest BCUT2D eigenvalue weighted by Gasteiger charge is -2.14. The fraction of sp³-hybridized carbons (Fsp3) is 0.0769. The summed E-state index contributed by atoms with van der Waals surface area (Å²) in [6.45, 7) is 0. The standard InChI is InChI=1S/C13H8BrCl2FO/c14-7-4-5-8(11(17)6-7)13(18)9-2-1-3-10(15)12(9)16/h1-6,13,18H. The van der Waals surface area contributed by atoms with Gasteiger partial charge in [0, 0.05) is 15.6 Å². The number of halogens is 4. The fourth-order valence-electron chi connectivity index (χ4n) is 1.62. The van der Waals surface area contributed by atoms with Crippen LogP contribution < -0.4 is 0 Å². The summed E-state index contributed by atoms with van der Waals surface area (Å²) in [7, 11) is 0. The van der Waals surface area contributed by atoms with Gasteiger partial charge in [0.1, 0.15) is 11.9 Å². The molecular weight excluding hydrogens is 342 g/mol. The van der Waals surface area contributed by atoms with E-state index in [0.717, 1.165) is 0 Å². The van der Waals surface area contributed by atoms with E-state index in [4.69, 9.17) is 23.2 Å². The average molecular weight is 350 g/mol. The molecule has 2 aromatic carbocycles. The van der Waals surface area contributed by atoms with Gasteiger partial charge in [0.15, 0.2) is 0 Å². The fourth-order valence-corrected chi connectivity index (χ4v) is 2.37. The van der Waals surface area contributed by atoms with Gasteiger partial charge in [0.05, 0.1) is 10.0 Å². The second kappa shape index (κ2) is 5.57. The molecule has 1 unspecified atom stereocenters. The first-order chi connectivity index (χ1) is 8.50. The molecule has 0 saturated carbocycles. The van der Waals surface area contributed by atoms with Gasteiger partial charge in [-0.2, -0.15) is 0 Å². The third-order valence-corrected chi connectivity index (χ3v) is 3.86. The maximum absolute atomic E-state index is 13.8. The number of aliphatic hydroxyl groups is 1. The number of hydrogen-bond donors (Lipinski definition) is 1. The van der Waals surface area contributed by atoms with Crippen LogP contribution in [0.1, 0.15) is 17.2 Å². The minimum Gasteiger partial charge on any atom is -0.383 e. The van der Waals surface area contributed by atoms with Crippen LogP contribution in [0.3, 0.4) is 0 Å². The Morgan fingerprint density at radius 1 is 1.11 bits per heavy atom. The van der Waals surface area contributed by atoms with Crippen LogP contribution in [0.15, 0.2) is 40.9 Å². The van der Waals surface area contributed by atoms with E-state index in [9.17, 15) is 9.50 Å². The van der Waals surface area contributed by atoms with Gasteiger partial charge >= 0.3 is 0 Å². The van der Waals surface area contributed by atoms with Gasteiger partial charge < -0.3 is 5.11 Å². The van der Waals surface area contributed by atoms with Crippen molar-refractivity contribution in [3.63, 3.8) is 0 Å². The zero-order chi connectivity index (χ0) is 13.3. The third-order valence-electron chi connectivity index (χ3n) is 2.53. The monoisotopic (exact) mass is 348 g/mol. The molecule has 0 aliphatic carbocycles. The molecule has 1 N–H and O–H groups in total. The Labute approximate surface area is 122 Å². The first-order valence-electron chi connectivity index (χ1n) is 5.07. The van der Waals surface area contributed by atoms with Crippen molar-refractivity contribution in [1.82, 2.24) is 0 Å². The van der Waals surface area contributed by atoms with Crippen molar-refractivity contribution in [3.05, 3.63) is 67.9 Å². The van der Waals surface area contributed by atoms with Gasteiger partial charge in [-0.1, -0.05) is 57.3 Å². The van der Waals surface area contributed by atoms with Gasteiger partial charge in [-0.25, -0.2) is 4.39 Å². The van der Waals surface area contributed by atoms with E-state index >= 15 is 0 Å². The van der Waals surface area contributed by atoms with E-state index in [2.05, 4.69) is 15.9 Å². The van der Waals surface area contributed by atoms with E-state index in [1.165, 1.54) is 12.1 Å². The van der Waals surface area contributed by atoms with Gasteiger partial charge in [0.2, 0.25) is 0 Å². The molecule has 0 fully saturated rings. The molecule has 2 aromatic rings. The Bertz CT molecular complexity index is 589. The summed E-state index contributed by atoms with van der Waals surface area (Å²) < 4.78 is 14.4. The molecular formula is C13H8BrCl2FO. The molecule has 1 atom stereocenters. The summed E-state index contributed by atoms with van der Waals surface area (Å²) in [5, 5.41) is 10.7. The third kappa shape index (κ3) is 2.69. The highest BCUT2D eigenvalue weighted by molar-refractivity contribution is 9.10. The van der Waals surface area contributed by atoms with E-state index < -0.39 is 11.9 Å². The van der Waals surface area contributed by atoms with Crippen LogP contribution in [0, 0.1) is 5.82 Å². The topological polar surface area (TPSA) is 20.2 Å². The highest BCUT2D eigenvalue weighted by atomic mass is 79.9. The number of aliphatic hydroxyl groups excluding tert-OH is 1. The predicted molar refractivity (Wildman–Crippen MR) is 74.6 cm³/mol. The van der Waals surface area contributed by atoms with E-state index in [-0.39, 0.29) is 10.6 Å². The van der Waals surface area contributed by atoms with Crippen molar-refractivity contribution in [1.29, 1.82) is 0 Å². The maximum atomic E-state index is 13.8. The second-order valence-corrected chi connectivity index (χ2v) is 5.41. The van der Waals surface area contributed by atoms with Crippen molar-refractivity contribution >= 4 is 39.1 Å². The molecule has 0 amide bonds. The van der Waals surface area contributed by atoms with Crippen LogP contribution >= 0.6 is 39.1 Å². The quantitative estimate of drug-likeness (QED) is 0.810. The van der Waals surface area contributed by atoms with Crippen LogP contribution in [-0.4, -0.2) is 5.11 Å². The Morgan fingerprint density at radius 2 is 1.83 bits per heavy atom. The molecule has 5 heteroatoms. The van der Waals surface area contributed by atoms with Crippen LogP contribution in [0.5, 0.6) is 0 Å². The van der Waals surface area contributed by atoms with Crippen molar-refractivity contribution in [3.8, 4) is 0 Å². The number of benzene rings is 2. The molecule has 0 saturated heterocycles. The van der Waals surface area contributed by atoms with Crippen LogP contribution in [-0.2, 0) is 0 Å². The zero-order valence-electron chi connectivity index (χ0n) is 9.00.